The van der Waals surface area contributed by atoms with Gasteiger partial charge in [-0.15, -0.1) is 0 Å². The van der Waals surface area contributed by atoms with E-state index in [1.54, 1.807) is 52.0 Å². The molecule has 1 aromatic rings. The van der Waals surface area contributed by atoms with Crippen LogP contribution in [0.1, 0.15) is 71.8 Å². The summed E-state index contributed by atoms with van der Waals surface area (Å²) in [7, 11) is 0. The fraction of sp³-hybridized carbons (Fsp3) is 0.667. The van der Waals surface area contributed by atoms with Gasteiger partial charge >= 0.3 is 6.09 Å². The lowest BCUT2D eigenvalue weighted by atomic mass is 9.82. The summed E-state index contributed by atoms with van der Waals surface area (Å²) in [6, 6.07) is 4.16. The fourth-order valence-electron chi connectivity index (χ4n) is 6.12. The highest BCUT2D eigenvalue weighted by atomic mass is 16.6. The van der Waals surface area contributed by atoms with Crippen LogP contribution in [0.15, 0.2) is 24.3 Å². The van der Waals surface area contributed by atoms with Crippen molar-refractivity contribution in [1.82, 2.24) is 20.4 Å². The van der Waals surface area contributed by atoms with Crippen LogP contribution in [-0.2, 0) is 25.5 Å². The minimum Gasteiger partial charge on any atom is -0.508 e. The molecule has 220 valence electrons. The first-order valence-corrected chi connectivity index (χ1v) is 14.6. The van der Waals surface area contributed by atoms with Gasteiger partial charge in [0.2, 0.25) is 17.7 Å². The van der Waals surface area contributed by atoms with Crippen molar-refractivity contribution in [3.8, 4) is 5.75 Å². The monoisotopic (exact) mass is 556 g/mol. The van der Waals surface area contributed by atoms with Crippen LogP contribution < -0.4 is 10.6 Å². The molecule has 0 aromatic heterocycles. The molecular weight excluding hydrogens is 512 g/mol. The fourth-order valence-corrected chi connectivity index (χ4v) is 6.12. The number of hydrogen-bond donors (Lipinski definition) is 3. The molecule has 10 heteroatoms. The van der Waals surface area contributed by atoms with Gasteiger partial charge in [0.1, 0.15) is 29.5 Å². The van der Waals surface area contributed by atoms with Gasteiger partial charge < -0.3 is 25.4 Å². The van der Waals surface area contributed by atoms with Crippen molar-refractivity contribution in [3.05, 3.63) is 29.8 Å². The van der Waals surface area contributed by atoms with E-state index in [1.807, 2.05) is 4.90 Å². The predicted molar refractivity (Wildman–Crippen MR) is 149 cm³/mol. The third-order valence-electron chi connectivity index (χ3n) is 8.21. The number of amides is 4. The molecule has 4 rings (SSSR count). The molecule has 3 aliphatic rings. The second-order valence-electron chi connectivity index (χ2n) is 12.5. The number of carbonyl (C=O) groups is 4. The second-order valence-corrected chi connectivity index (χ2v) is 12.5. The molecule has 3 N–H and O–H groups in total. The van der Waals surface area contributed by atoms with Crippen LogP contribution >= 0.6 is 0 Å². The van der Waals surface area contributed by atoms with Gasteiger partial charge in [0.05, 0.1) is 0 Å². The Morgan fingerprint density at radius 3 is 2.20 bits per heavy atom. The number of fused-ring (bicyclic) bond motifs is 1. The van der Waals surface area contributed by atoms with Crippen molar-refractivity contribution in [2.75, 3.05) is 19.6 Å². The molecule has 5 atom stereocenters. The number of phenolic OH excluding ortho intramolecular Hbond substituents is 1. The van der Waals surface area contributed by atoms with Gasteiger partial charge in [-0.25, -0.2) is 4.79 Å². The van der Waals surface area contributed by atoms with E-state index in [0.717, 1.165) is 18.4 Å². The van der Waals surface area contributed by atoms with Crippen molar-refractivity contribution in [2.45, 2.75) is 96.4 Å². The van der Waals surface area contributed by atoms with Crippen molar-refractivity contribution in [2.24, 2.45) is 11.8 Å². The van der Waals surface area contributed by atoms with Gasteiger partial charge in [0.15, 0.2) is 0 Å². The van der Waals surface area contributed by atoms with Crippen LogP contribution in [0.2, 0.25) is 0 Å². The minimum absolute atomic E-state index is 0.124. The third-order valence-corrected chi connectivity index (χ3v) is 8.21. The Labute approximate surface area is 236 Å². The Kier molecular flexibility index (Phi) is 9.26. The Morgan fingerprint density at radius 1 is 0.975 bits per heavy atom. The van der Waals surface area contributed by atoms with Crippen molar-refractivity contribution in [1.29, 1.82) is 0 Å². The highest BCUT2D eigenvalue weighted by molar-refractivity contribution is 5.94. The smallest absolute Gasteiger partial charge is 0.410 e. The van der Waals surface area contributed by atoms with Gasteiger partial charge in [-0.3, -0.25) is 19.3 Å². The van der Waals surface area contributed by atoms with Crippen molar-refractivity contribution < 1.29 is 29.0 Å². The number of likely N-dealkylation sites (tertiary alicyclic amines) is 2. The van der Waals surface area contributed by atoms with Crippen LogP contribution in [-0.4, -0.2) is 82.1 Å². The number of phenols is 1. The number of carbonyl (C=O) groups excluding carboxylic acids is 4. The van der Waals surface area contributed by atoms with Gasteiger partial charge in [-0.1, -0.05) is 25.0 Å². The lowest BCUT2D eigenvalue weighted by Crippen LogP contribution is -2.56. The first-order chi connectivity index (χ1) is 18.9. The lowest BCUT2D eigenvalue weighted by molar-refractivity contribution is -0.137. The van der Waals surface area contributed by atoms with Gasteiger partial charge in [-0.2, -0.15) is 0 Å². The SMILES string of the molecule is CC(NC(=O)C1CCCN1C(=O)OC(C)(C)C)C(=O)NC(Cc1ccc(O)cc1)C(=O)N1CC2CCCCC2C1. The first-order valence-electron chi connectivity index (χ1n) is 14.6. The summed E-state index contributed by atoms with van der Waals surface area (Å²) >= 11 is 0. The maximum Gasteiger partial charge on any atom is 0.410 e. The summed E-state index contributed by atoms with van der Waals surface area (Å²) in [4.78, 5) is 56.0. The summed E-state index contributed by atoms with van der Waals surface area (Å²) in [5.41, 5.74) is 0.128. The van der Waals surface area contributed by atoms with E-state index < -0.39 is 41.6 Å². The number of ether oxygens (including phenoxy) is 1. The molecule has 0 bridgehead atoms. The molecule has 5 unspecified atom stereocenters. The summed E-state index contributed by atoms with van der Waals surface area (Å²) in [6.45, 7) is 8.72. The van der Waals surface area contributed by atoms with E-state index >= 15 is 0 Å². The zero-order chi connectivity index (χ0) is 29.0. The van der Waals surface area contributed by atoms with Crippen LogP contribution in [0.25, 0.3) is 0 Å². The average molecular weight is 557 g/mol. The van der Waals surface area contributed by atoms with E-state index in [-0.39, 0.29) is 18.1 Å². The molecule has 4 amide bonds. The summed E-state index contributed by atoms with van der Waals surface area (Å²) < 4.78 is 5.45. The number of benzene rings is 1. The van der Waals surface area contributed by atoms with E-state index in [2.05, 4.69) is 10.6 Å². The molecule has 2 aliphatic heterocycles. The standard InChI is InChI=1S/C30H44N4O6/c1-19(31-27(37)25-10-7-15-34(25)29(39)40-30(2,3)4)26(36)32-24(16-20-11-13-23(35)14-12-20)28(38)33-17-21-8-5-6-9-22(21)18-33/h11-14,19,21-22,24-25,35H,5-10,15-18H2,1-4H3,(H,31,37)(H,32,36). The summed E-state index contributed by atoms with van der Waals surface area (Å²) in [5, 5.41) is 15.3. The summed E-state index contributed by atoms with van der Waals surface area (Å²) in [5.74, 6) is 0.143. The van der Waals surface area contributed by atoms with Gasteiger partial charge in [0, 0.05) is 26.1 Å². The number of nitrogens with one attached hydrogen (secondary N) is 2. The zero-order valence-electron chi connectivity index (χ0n) is 24.2. The van der Waals surface area contributed by atoms with Crippen LogP contribution in [0.4, 0.5) is 4.79 Å². The quantitative estimate of drug-likeness (QED) is 0.474. The Bertz CT molecular complexity index is 1070. The minimum atomic E-state index is -0.912. The van der Waals surface area contributed by atoms with Crippen LogP contribution in [0, 0.1) is 11.8 Å². The molecule has 2 heterocycles. The molecule has 0 spiro atoms. The number of aromatic hydroxyl groups is 1. The summed E-state index contributed by atoms with van der Waals surface area (Å²) in [6.07, 6.45) is 5.53. The normalized spacial score (nSPS) is 24.1. The Morgan fingerprint density at radius 2 is 1.60 bits per heavy atom. The molecular formula is C30H44N4O6. The largest absolute Gasteiger partial charge is 0.508 e. The molecule has 40 heavy (non-hydrogen) atoms. The number of hydrogen-bond acceptors (Lipinski definition) is 6. The highest BCUT2D eigenvalue weighted by Crippen LogP contribution is 2.36. The number of nitrogens with zero attached hydrogens (tertiary/aromatic N) is 2. The van der Waals surface area contributed by atoms with Crippen molar-refractivity contribution in [3.63, 3.8) is 0 Å². The maximum absolute atomic E-state index is 13.7. The number of rotatable bonds is 7. The van der Waals surface area contributed by atoms with Crippen LogP contribution in [0.3, 0.4) is 0 Å². The molecule has 10 nitrogen and oxygen atoms in total. The van der Waals surface area contributed by atoms with E-state index in [1.165, 1.54) is 17.7 Å². The molecule has 1 aliphatic carbocycles. The maximum atomic E-state index is 13.7. The second kappa shape index (κ2) is 12.5. The van der Waals surface area contributed by atoms with Gasteiger partial charge in [-0.05, 0) is 82.9 Å². The molecule has 1 saturated carbocycles. The Hall–Kier alpha value is -3.30. The molecule has 0 radical (unpaired) electrons. The molecule has 1 aromatic carbocycles. The van der Waals surface area contributed by atoms with E-state index in [0.29, 0.717) is 44.3 Å². The molecule has 3 fully saturated rings. The van der Waals surface area contributed by atoms with Gasteiger partial charge in [0.25, 0.3) is 0 Å². The van der Waals surface area contributed by atoms with Crippen LogP contribution in [0.5, 0.6) is 5.75 Å². The Balaban J connectivity index is 1.40. The third kappa shape index (κ3) is 7.46. The first kappa shape index (κ1) is 29.7. The zero-order valence-corrected chi connectivity index (χ0v) is 24.2. The highest BCUT2D eigenvalue weighted by Gasteiger charge is 2.40. The predicted octanol–water partition coefficient (Wildman–Crippen LogP) is 2.97. The molecule has 2 saturated heterocycles. The van der Waals surface area contributed by atoms with E-state index in [9.17, 15) is 24.3 Å². The topological polar surface area (TPSA) is 128 Å². The lowest BCUT2D eigenvalue weighted by Gasteiger charge is -2.29. The van der Waals surface area contributed by atoms with Crippen molar-refractivity contribution >= 4 is 23.8 Å². The van der Waals surface area contributed by atoms with E-state index in [4.69, 9.17) is 4.74 Å². The average Bonchev–Trinajstić information content (AvgIpc) is 3.56.